The second kappa shape index (κ2) is 6.67. The Labute approximate surface area is 153 Å². The first-order valence-electron chi connectivity index (χ1n) is 8.88. The largest absolute Gasteiger partial charge is 0.332 e. The van der Waals surface area contributed by atoms with Crippen LogP contribution < -0.4 is 0 Å². The van der Waals surface area contributed by atoms with Crippen molar-refractivity contribution in [1.82, 2.24) is 19.2 Å². The van der Waals surface area contributed by atoms with E-state index in [1.54, 1.807) is 6.08 Å². The SMILES string of the molecule is C=CCCC(=O)N1Cc2nn(-c3ccccc3C)c(-n3cccc3)c2C1. The summed E-state index contributed by atoms with van der Waals surface area (Å²) >= 11 is 0. The molecule has 1 aromatic carbocycles. The number of benzene rings is 1. The van der Waals surface area contributed by atoms with Crippen LogP contribution in [0.3, 0.4) is 0 Å². The first-order chi connectivity index (χ1) is 12.7. The number of carbonyl (C=O) groups is 1. The van der Waals surface area contributed by atoms with E-state index in [4.69, 9.17) is 5.10 Å². The van der Waals surface area contributed by atoms with E-state index in [1.807, 2.05) is 46.2 Å². The minimum Gasteiger partial charge on any atom is -0.332 e. The first-order valence-corrected chi connectivity index (χ1v) is 8.88. The van der Waals surface area contributed by atoms with E-state index in [0.29, 0.717) is 25.9 Å². The second-order valence-corrected chi connectivity index (χ2v) is 6.61. The van der Waals surface area contributed by atoms with Crippen LogP contribution in [0.15, 0.2) is 61.4 Å². The monoisotopic (exact) mass is 346 g/mol. The van der Waals surface area contributed by atoms with E-state index >= 15 is 0 Å². The number of para-hydroxylation sites is 1. The van der Waals surface area contributed by atoms with E-state index in [1.165, 1.54) is 5.56 Å². The third kappa shape index (κ3) is 2.75. The van der Waals surface area contributed by atoms with Crippen molar-refractivity contribution in [3.05, 3.63) is 78.3 Å². The molecule has 26 heavy (non-hydrogen) atoms. The van der Waals surface area contributed by atoms with Crippen molar-refractivity contribution >= 4 is 5.91 Å². The lowest BCUT2D eigenvalue weighted by atomic mass is 10.2. The summed E-state index contributed by atoms with van der Waals surface area (Å²) in [6.45, 7) is 6.96. The Morgan fingerprint density at radius 2 is 1.96 bits per heavy atom. The van der Waals surface area contributed by atoms with Gasteiger partial charge in [0.15, 0.2) is 0 Å². The highest BCUT2D eigenvalue weighted by molar-refractivity contribution is 5.77. The van der Waals surface area contributed by atoms with Gasteiger partial charge in [-0.15, -0.1) is 6.58 Å². The zero-order chi connectivity index (χ0) is 18.1. The summed E-state index contributed by atoms with van der Waals surface area (Å²) in [5.74, 6) is 1.17. The number of aryl methyl sites for hydroxylation is 1. The Balaban J connectivity index is 1.76. The van der Waals surface area contributed by atoms with E-state index < -0.39 is 0 Å². The van der Waals surface area contributed by atoms with Crippen LogP contribution in [-0.2, 0) is 17.9 Å². The molecule has 0 spiro atoms. The van der Waals surface area contributed by atoms with Gasteiger partial charge in [0.1, 0.15) is 5.82 Å². The van der Waals surface area contributed by atoms with Gasteiger partial charge in [-0.1, -0.05) is 24.3 Å². The average molecular weight is 346 g/mol. The molecule has 0 N–H and O–H groups in total. The smallest absolute Gasteiger partial charge is 0.223 e. The summed E-state index contributed by atoms with van der Waals surface area (Å²) in [7, 11) is 0. The Hall–Kier alpha value is -3.08. The standard InChI is InChI=1S/C21H22N4O/c1-3-4-11-20(26)24-14-17-18(15-24)22-25(19-10-6-5-9-16(19)2)21(17)23-12-7-8-13-23/h3,5-10,12-13H,1,4,11,14-15H2,2H3. The summed E-state index contributed by atoms with van der Waals surface area (Å²) in [4.78, 5) is 14.3. The molecule has 5 heteroatoms. The van der Waals surface area contributed by atoms with E-state index in [0.717, 1.165) is 22.8 Å². The zero-order valence-corrected chi connectivity index (χ0v) is 14.9. The van der Waals surface area contributed by atoms with Gasteiger partial charge < -0.3 is 9.47 Å². The number of rotatable bonds is 5. The Morgan fingerprint density at radius 3 is 2.69 bits per heavy atom. The molecule has 0 radical (unpaired) electrons. The van der Waals surface area contributed by atoms with Crippen LogP contribution in [0.1, 0.15) is 29.7 Å². The highest BCUT2D eigenvalue weighted by Gasteiger charge is 2.31. The zero-order valence-electron chi connectivity index (χ0n) is 14.9. The molecule has 2 aromatic heterocycles. The Kier molecular flexibility index (Phi) is 4.21. The highest BCUT2D eigenvalue weighted by atomic mass is 16.2. The fourth-order valence-corrected chi connectivity index (χ4v) is 3.47. The minimum atomic E-state index is 0.156. The fourth-order valence-electron chi connectivity index (χ4n) is 3.47. The number of nitrogens with zero attached hydrogens (tertiary/aromatic N) is 4. The number of hydrogen-bond acceptors (Lipinski definition) is 2. The van der Waals surface area contributed by atoms with Crippen molar-refractivity contribution in [3.63, 3.8) is 0 Å². The van der Waals surface area contributed by atoms with Crippen LogP contribution in [0.25, 0.3) is 11.5 Å². The maximum atomic E-state index is 12.4. The maximum Gasteiger partial charge on any atom is 0.223 e. The number of carbonyl (C=O) groups excluding carboxylic acids is 1. The van der Waals surface area contributed by atoms with Gasteiger partial charge in [-0.3, -0.25) is 4.79 Å². The van der Waals surface area contributed by atoms with Gasteiger partial charge in [0.05, 0.1) is 24.5 Å². The van der Waals surface area contributed by atoms with E-state index in [9.17, 15) is 4.79 Å². The number of aromatic nitrogens is 3. The van der Waals surface area contributed by atoms with Gasteiger partial charge in [0, 0.05) is 24.4 Å². The van der Waals surface area contributed by atoms with Gasteiger partial charge in [-0.25, -0.2) is 4.68 Å². The highest BCUT2D eigenvalue weighted by Crippen LogP contribution is 2.31. The Morgan fingerprint density at radius 1 is 1.19 bits per heavy atom. The molecule has 0 atom stereocenters. The summed E-state index contributed by atoms with van der Waals surface area (Å²) in [5, 5.41) is 4.87. The lowest BCUT2D eigenvalue weighted by molar-refractivity contribution is -0.131. The molecule has 1 aliphatic rings. The lowest BCUT2D eigenvalue weighted by Gasteiger charge is -2.17. The molecule has 0 saturated heterocycles. The van der Waals surface area contributed by atoms with Gasteiger partial charge >= 0.3 is 0 Å². The van der Waals surface area contributed by atoms with Crippen molar-refractivity contribution in [1.29, 1.82) is 0 Å². The van der Waals surface area contributed by atoms with Crippen molar-refractivity contribution in [2.45, 2.75) is 32.9 Å². The normalized spacial score (nSPS) is 13.0. The molecular weight excluding hydrogens is 324 g/mol. The fraction of sp³-hybridized carbons (Fsp3) is 0.238. The number of fused-ring (bicyclic) bond motifs is 1. The van der Waals surface area contributed by atoms with Crippen molar-refractivity contribution in [2.24, 2.45) is 0 Å². The van der Waals surface area contributed by atoms with Gasteiger partial charge in [-0.05, 0) is 37.1 Å². The van der Waals surface area contributed by atoms with Crippen molar-refractivity contribution in [3.8, 4) is 11.5 Å². The molecule has 0 bridgehead atoms. The van der Waals surface area contributed by atoms with Crippen LogP contribution in [0, 0.1) is 6.92 Å². The number of amides is 1. The maximum absolute atomic E-state index is 12.4. The van der Waals surface area contributed by atoms with Gasteiger partial charge in [-0.2, -0.15) is 5.10 Å². The van der Waals surface area contributed by atoms with Crippen LogP contribution in [0.5, 0.6) is 0 Å². The summed E-state index contributed by atoms with van der Waals surface area (Å²) < 4.78 is 4.08. The second-order valence-electron chi connectivity index (χ2n) is 6.61. The quantitative estimate of drug-likeness (QED) is 0.660. The molecule has 3 heterocycles. The number of allylic oxidation sites excluding steroid dienone is 1. The van der Waals surface area contributed by atoms with Gasteiger partial charge in [0.25, 0.3) is 0 Å². The first kappa shape index (κ1) is 16.4. The predicted molar refractivity (Wildman–Crippen MR) is 101 cm³/mol. The molecule has 0 saturated carbocycles. The summed E-state index contributed by atoms with van der Waals surface area (Å²) in [5.41, 5.74) is 4.33. The minimum absolute atomic E-state index is 0.156. The van der Waals surface area contributed by atoms with Crippen LogP contribution in [0.4, 0.5) is 0 Å². The molecule has 4 rings (SSSR count). The van der Waals surface area contributed by atoms with Crippen molar-refractivity contribution < 1.29 is 4.79 Å². The molecule has 132 valence electrons. The third-order valence-corrected chi connectivity index (χ3v) is 4.84. The molecule has 1 aliphatic heterocycles. The van der Waals surface area contributed by atoms with Crippen LogP contribution in [0.2, 0.25) is 0 Å². The molecule has 1 amide bonds. The third-order valence-electron chi connectivity index (χ3n) is 4.84. The number of hydrogen-bond donors (Lipinski definition) is 0. The Bertz CT molecular complexity index is 953. The summed E-state index contributed by atoms with van der Waals surface area (Å²) in [6.07, 6.45) is 7.05. The molecule has 0 unspecified atom stereocenters. The lowest BCUT2D eigenvalue weighted by Crippen LogP contribution is -2.26. The molecule has 0 fully saturated rings. The summed E-state index contributed by atoms with van der Waals surface area (Å²) in [6, 6.07) is 12.2. The average Bonchev–Trinajstić information content (AvgIpc) is 3.35. The molecule has 0 aliphatic carbocycles. The van der Waals surface area contributed by atoms with E-state index in [-0.39, 0.29) is 5.91 Å². The van der Waals surface area contributed by atoms with Crippen molar-refractivity contribution in [2.75, 3.05) is 0 Å². The van der Waals surface area contributed by atoms with Crippen LogP contribution >= 0.6 is 0 Å². The topological polar surface area (TPSA) is 43.1 Å². The predicted octanol–water partition coefficient (Wildman–Crippen LogP) is 3.78. The molecule has 5 nitrogen and oxygen atoms in total. The van der Waals surface area contributed by atoms with Crippen LogP contribution in [-0.4, -0.2) is 25.2 Å². The molecular formula is C21H22N4O. The molecule has 3 aromatic rings. The van der Waals surface area contributed by atoms with E-state index in [2.05, 4.69) is 30.2 Å². The van der Waals surface area contributed by atoms with Gasteiger partial charge in [0.2, 0.25) is 5.91 Å².